The van der Waals surface area contributed by atoms with Gasteiger partial charge in [0, 0.05) is 23.7 Å². The number of aromatic nitrogens is 2. The van der Waals surface area contributed by atoms with Crippen molar-refractivity contribution in [2.45, 2.75) is 39.0 Å². The minimum Gasteiger partial charge on any atom is -0.388 e. The minimum absolute atomic E-state index is 0.229. The van der Waals surface area contributed by atoms with Gasteiger partial charge in [0.2, 0.25) is 0 Å². The summed E-state index contributed by atoms with van der Waals surface area (Å²) in [5.74, 6) is 0. The summed E-state index contributed by atoms with van der Waals surface area (Å²) in [6, 6.07) is 8.29. The summed E-state index contributed by atoms with van der Waals surface area (Å²) in [6.45, 7) is 4.91. The quantitative estimate of drug-likeness (QED) is 0.734. The number of nitrogens with one attached hydrogen (secondary N) is 1. The van der Waals surface area contributed by atoms with Gasteiger partial charge in [-0.05, 0) is 43.3 Å². The third-order valence-electron chi connectivity index (χ3n) is 3.89. The van der Waals surface area contributed by atoms with Crippen molar-refractivity contribution in [1.82, 2.24) is 14.7 Å². The van der Waals surface area contributed by atoms with Crippen LogP contribution in [0.3, 0.4) is 0 Å². The molecule has 5 heteroatoms. The van der Waals surface area contributed by atoms with Crippen LogP contribution in [0.2, 0.25) is 0 Å². The maximum Gasteiger partial charge on any atom is 0.139 e. The van der Waals surface area contributed by atoms with E-state index < -0.39 is 6.10 Å². The van der Waals surface area contributed by atoms with Crippen LogP contribution in [0.15, 0.2) is 42.0 Å². The van der Waals surface area contributed by atoms with E-state index in [-0.39, 0.29) is 6.04 Å². The summed E-state index contributed by atoms with van der Waals surface area (Å²) in [4.78, 5) is 5.50. The molecule has 0 radical (unpaired) electrons. The average molecular weight is 315 g/mol. The molecule has 0 aromatic carbocycles. The summed E-state index contributed by atoms with van der Waals surface area (Å²) < 4.78 is 2.12. The Labute approximate surface area is 134 Å². The average Bonchev–Trinajstić information content (AvgIpc) is 3.15. The highest BCUT2D eigenvalue weighted by molar-refractivity contribution is 7.10. The molecule has 116 valence electrons. The molecular weight excluding hydrogens is 294 g/mol. The highest BCUT2D eigenvalue weighted by Gasteiger charge is 2.13. The van der Waals surface area contributed by atoms with E-state index in [1.165, 1.54) is 5.56 Å². The molecule has 0 unspecified atom stereocenters. The molecule has 2 N–H and O–H groups in total. The SMILES string of the molecule is Cc1cccn2c(CN[C@H](C)C[C@H](O)c3cccs3)cnc12. The van der Waals surface area contributed by atoms with E-state index in [4.69, 9.17) is 0 Å². The van der Waals surface area contributed by atoms with Crippen LogP contribution < -0.4 is 5.32 Å². The molecule has 22 heavy (non-hydrogen) atoms. The Morgan fingerprint density at radius 2 is 2.23 bits per heavy atom. The molecule has 2 atom stereocenters. The van der Waals surface area contributed by atoms with Crippen molar-refractivity contribution in [2.24, 2.45) is 0 Å². The van der Waals surface area contributed by atoms with Gasteiger partial charge >= 0.3 is 0 Å². The van der Waals surface area contributed by atoms with Crippen molar-refractivity contribution < 1.29 is 5.11 Å². The van der Waals surface area contributed by atoms with Crippen molar-refractivity contribution in [3.63, 3.8) is 0 Å². The van der Waals surface area contributed by atoms with Crippen molar-refractivity contribution in [3.8, 4) is 0 Å². The maximum absolute atomic E-state index is 10.2. The number of aliphatic hydroxyl groups excluding tert-OH is 1. The molecule has 0 bridgehead atoms. The largest absolute Gasteiger partial charge is 0.388 e. The van der Waals surface area contributed by atoms with Crippen LogP contribution in [0.5, 0.6) is 0 Å². The number of aryl methyl sites for hydroxylation is 1. The van der Waals surface area contributed by atoms with Crippen LogP contribution >= 0.6 is 11.3 Å². The smallest absolute Gasteiger partial charge is 0.139 e. The van der Waals surface area contributed by atoms with Crippen LogP contribution in [-0.4, -0.2) is 20.5 Å². The van der Waals surface area contributed by atoms with Gasteiger partial charge < -0.3 is 14.8 Å². The Morgan fingerprint density at radius 1 is 1.36 bits per heavy atom. The molecule has 0 aliphatic heterocycles. The zero-order valence-corrected chi connectivity index (χ0v) is 13.7. The molecule has 0 saturated carbocycles. The number of imidazole rings is 1. The van der Waals surface area contributed by atoms with Gasteiger partial charge in [-0.2, -0.15) is 0 Å². The first-order chi connectivity index (χ1) is 10.6. The zero-order valence-electron chi connectivity index (χ0n) is 12.9. The summed E-state index contributed by atoms with van der Waals surface area (Å²) >= 11 is 1.60. The molecule has 0 amide bonds. The van der Waals surface area contributed by atoms with Gasteiger partial charge in [-0.15, -0.1) is 11.3 Å². The van der Waals surface area contributed by atoms with Gasteiger partial charge in [0.25, 0.3) is 0 Å². The topological polar surface area (TPSA) is 49.6 Å². The summed E-state index contributed by atoms with van der Waals surface area (Å²) in [5.41, 5.74) is 3.32. The highest BCUT2D eigenvalue weighted by Crippen LogP contribution is 2.23. The molecule has 4 nitrogen and oxygen atoms in total. The number of rotatable bonds is 6. The second-order valence-corrected chi connectivity index (χ2v) is 6.66. The number of hydrogen-bond acceptors (Lipinski definition) is 4. The number of thiophene rings is 1. The lowest BCUT2D eigenvalue weighted by atomic mass is 10.1. The van der Waals surface area contributed by atoms with Crippen LogP contribution in [0.1, 0.15) is 35.6 Å². The number of hydrogen-bond donors (Lipinski definition) is 2. The molecule has 3 heterocycles. The lowest BCUT2D eigenvalue weighted by Gasteiger charge is -2.17. The molecule has 0 spiro atoms. The molecule has 0 aliphatic carbocycles. The number of aliphatic hydroxyl groups is 1. The minimum atomic E-state index is -0.396. The van der Waals surface area contributed by atoms with Gasteiger partial charge in [-0.1, -0.05) is 12.1 Å². The predicted molar refractivity (Wildman–Crippen MR) is 90.1 cm³/mol. The van der Waals surface area contributed by atoms with E-state index in [1.807, 2.05) is 36.0 Å². The summed E-state index contributed by atoms with van der Waals surface area (Å²) in [6.07, 6.45) is 4.26. The van der Waals surface area contributed by atoms with Crippen molar-refractivity contribution in [2.75, 3.05) is 0 Å². The Balaban J connectivity index is 1.60. The van der Waals surface area contributed by atoms with Gasteiger partial charge in [-0.3, -0.25) is 0 Å². The fourth-order valence-corrected chi connectivity index (χ4v) is 3.35. The molecule has 0 aliphatic rings. The van der Waals surface area contributed by atoms with Gasteiger partial charge in [0.1, 0.15) is 5.65 Å². The van der Waals surface area contributed by atoms with E-state index >= 15 is 0 Å². The molecule has 0 saturated heterocycles. The molecule has 0 fully saturated rings. The second kappa shape index (κ2) is 6.60. The molecule has 3 aromatic rings. The lowest BCUT2D eigenvalue weighted by Crippen LogP contribution is -2.27. The lowest BCUT2D eigenvalue weighted by molar-refractivity contribution is 0.157. The Kier molecular flexibility index (Phi) is 4.57. The normalized spacial score (nSPS) is 14.3. The van der Waals surface area contributed by atoms with Gasteiger partial charge in [0.05, 0.1) is 18.0 Å². The number of pyridine rings is 1. The fraction of sp³-hybridized carbons (Fsp3) is 0.353. The van der Waals surface area contributed by atoms with E-state index in [0.29, 0.717) is 6.42 Å². The first-order valence-corrected chi connectivity index (χ1v) is 8.39. The highest BCUT2D eigenvalue weighted by atomic mass is 32.1. The number of fused-ring (bicyclic) bond motifs is 1. The van der Waals surface area contributed by atoms with Crippen LogP contribution in [-0.2, 0) is 6.54 Å². The first-order valence-electron chi connectivity index (χ1n) is 7.51. The Morgan fingerprint density at radius 3 is 3.00 bits per heavy atom. The second-order valence-electron chi connectivity index (χ2n) is 5.68. The fourth-order valence-electron chi connectivity index (χ4n) is 2.63. The maximum atomic E-state index is 10.2. The van der Waals surface area contributed by atoms with E-state index in [2.05, 4.69) is 34.6 Å². The molecule has 3 rings (SSSR count). The Bertz CT molecular complexity index is 736. The van der Waals surface area contributed by atoms with E-state index in [0.717, 1.165) is 22.8 Å². The van der Waals surface area contributed by atoms with E-state index in [1.54, 1.807) is 11.3 Å². The monoisotopic (exact) mass is 315 g/mol. The third kappa shape index (κ3) is 3.21. The Hall–Kier alpha value is -1.69. The zero-order chi connectivity index (χ0) is 15.5. The molecule has 3 aromatic heterocycles. The molecular formula is C17H21N3OS. The van der Waals surface area contributed by atoms with Crippen LogP contribution in [0.25, 0.3) is 5.65 Å². The van der Waals surface area contributed by atoms with Gasteiger partial charge in [-0.25, -0.2) is 4.98 Å². The van der Waals surface area contributed by atoms with Crippen LogP contribution in [0.4, 0.5) is 0 Å². The van der Waals surface area contributed by atoms with E-state index in [9.17, 15) is 5.11 Å². The summed E-state index contributed by atoms with van der Waals surface area (Å²) in [7, 11) is 0. The summed E-state index contributed by atoms with van der Waals surface area (Å²) in [5, 5.41) is 15.7. The predicted octanol–water partition coefficient (Wildman–Crippen LogP) is 3.31. The standard InChI is InChI=1S/C17H21N3OS/c1-12-5-3-7-20-14(11-19-17(12)20)10-18-13(2)9-15(21)16-6-4-8-22-16/h3-8,11,13,15,18,21H,9-10H2,1-2H3/t13-,15+/m1/s1. The van der Waals surface area contributed by atoms with Crippen LogP contribution in [0, 0.1) is 6.92 Å². The van der Waals surface area contributed by atoms with Gasteiger partial charge in [0.15, 0.2) is 0 Å². The van der Waals surface area contributed by atoms with Crippen molar-refractivity contribution in [3.05, 3.63) is 58.2 Å². The third-order valence-corrected chi connectivity index (χ3v) is 4.86. The first kappa shape index (κ1) is 15.2. The van der Waals surface area contributed by atoms with Crippen molar-refractivity contribution in [1.29, 1.82) is 0 Å². The van der Waals surface area contributed by atoms with Crippen molar-refractivity contribution >= 4 is 17.0 Å². The number of nitrogens with zero attached hydrogens (tertiary/aromatic N) is 2.